The highest BCUT2D eigenvalue weighted by Gasteiger charge is 2.25. The van der Waals surface area contributed by atoms with E-state index in [1.54, 1.807) is 70.2 Å². The molecule has 0 radical (unpaired) electrons. The van der Waals surface area contributed by atoms with Crippen molar-refractivity contribution in [2.24, 2.45) is 0 Å². The summed E-state index contributed by atoms with van der Waals surface area (Å²) in [6.45, 7) is 8.68. The molecule has 2 aromatic carbocycles. The number of alkyl carbamates (subject to hydrolysis) is 1. The molecule has 0 unspecified atom stereocenters. The third kappa shape index (κ3) is 7.91. The van der Waals surface area contributed by atoms with E-state index in [1.807, 2.05) is 6.92 Å². The number of sulfonamides is 1. The van der Waals surface area contributed by atoms with E-state index in [-0.39, 0.29) is 30.2 Å². The SMILES string of the molecule is CCOC(=O)/C(=C/N(CCNC(=O)OC(C)(C)C)S(=O)(=O)c1ccc(C)cc1)c1ccccc1. The summed E-state index contributed by atoms with van der Waals surface area (Å²) < 4.78 is 38.4. The molecule has 0 aliphatic rings. The van der Waals surface area contributed by atoms with Crippen molar-refractivity contribution in [1.82, 2.24) is 9.62 Å². The van der Waals surface area contributed by atoms with E-state index in [1.165, 1.54) is 18.3 Å². The van der Waals surface area contributed by atoms with Gasteiger partial charge >= 0.3 is 12.1 Å². The Labute approximate surface area is 201 Å². The van der Waals surface area contributed by atoms with Crippen LogP contribution in [0.15, 0.2) is 65.7 Å². The highest BCUT2D eigenvalue weighted by Crippen LogP contribution is 2.22. The van der Waals surface area contributed by atoms with Crippen molar-refractivity contribution >= 4 is 27.7 Å². The van der Waals surface area contributed by atoms with Crippen LogP contribution in [0.3, 0.4) is 0 Å². The van der Waals surface area contributed by atoms with Gasteiger partial charge in [-0.2, -0.15) is 0 Å². The van der Waals surface area contributed by atoms with Gasteiger partial charge in [-0.05, 0) is 52.3 Å². The first kappa shape index (κ1) is 26.9. The third-order valence-electron chi connectivity index (χ3n) is 4.48. The molecule has 1 N–H and O–H groups in total. The molecular weight excluding hydrogens is 456 g/mol. The van der Waals surface area contributed by atoms with E-state index >= 15 is 0 Å². The first-order valence-electron chi connectivity index (χ1n) is 10.9. The molecule has 34 heavy (non-hydrogen) atoms. The summed E-state index contributed by atoms with van der Waals surface area (Å²) in [7, 11) is -4.05. The fourth-order valence-electron chi connectivity index (χ4n) is 2.90. The fourth-order valence-corrected chi connectivity index (χ4v) is 4.22. The number of benzene rings is 2. The zero-order valence-electron chi connectivity index (χ0n) is 20.2. The molecule has 8 nitrogen and oxygen atoms in total. The molecule has 2 aromatic rings. The molecular formula is C25H32N2O6S. The topological polar surface area (TPSA) is 102 Å². The van der Waals surface area contributed by atoms with Crippen LogP contribution in [0.1, 0.15) is 38.8 Å². The zero-order valence-corrected chi connectivity index (χ0v) is 21.0. The molecule has 0 aromatic heterocycles. The molecule has 0 aliphatic carbocycles. The number of amides is 1. The second-order valence-electron chi connectivity index (χ2n) is 8.49. The Morgan fingerprint density at radius 2 is 1.65 bits per heavy atom. The number of ether oxygens (including phenoxy) is 2. The van der Waals surface area contributed by atoms with Crippen LogP contribution in [0.2, 0.25) is 0 Å². The molecule has 0 atom stereocenters. The Hall–Kier alpha value is -3.33. The van der Waals surface area contributed by atoms with Crippen molar-refractivity contribution in [3.05, 3.63) is 71.9 Å². The summed E-state index contributed by atoms with van der Waals surface area (Å²) in [4.78, 5) is 24.8. The van der Waals surface area contributed by atoms with Crippen molar-refractivity contribution in [2.75, 3.05) is 19.7 Å². The quantitative estimate of drug-likeness (QED) is 0.421. The van der Waals surface area contributed by atoms with Gasteiger partial charge in [-0.25, -0.2) is 18.0 Å². The van der Waals surface area contributed by atoms with Gasteiger partial charge in [-0.3, -0.25) is 4.31 Å². The minimum Gasteiger partial charge on any atom is -0.462 e. The van der Waals surface area contributed by atoms with Gasteiger partial charge in [-0.15, -0.1) is 0 Å². The van der Waals surface area contributed by atoms with Gasteiger partial charge in [0.15, 0.2) is 0 Å². The van der Waals surface area contributed by atoms with Crippen molar-refractivity contribution in [1.29, 1.82) is 0 Å². The predicted molar refractivity (Wildman–Crippen MR) is 130 cm³/mol. The van der Waals surface area contributed by atoms with Crippen LogP contribution in [-0.2, 0) is 24.3 Å². The normalized spacial score (nSPS) is 12.1. The summed E-state index contributed by atoms with van der Waals surface area (Å²) in [5, 5.41) is 2.56. The van der Waals surface area contributed by atoms with E-state index in [2.05, 4.69) is 5.32 Å². The molecule has 184 valence electrons. The lowest BCUT2D eigenvalue weighted by atomic mass is 10.1. The Bertz CT molecular complexity index is 1100. The Morgan fingerprint density at radius 1 is 1.03 bits per heavy atom. The van der Waals surface area contributed by atoms with Gasteiger partial charge in [0.2, 0.25) is 0 Å². The molecule has 0 bridgehead atoms. The van der Waals surface area contributed by atoms with Gasteiger partial charge in [0.1, 0.15) is 5.60 Å². The molecule has 0 heterocycles. The van der Waals surface area contributed by atoms with Crippen LogP contribution in [-0.4, -0.2) is 50.1 Å². The third-order valence-corrected chi connectivity index (χ3v) is 6.25. The number of carbonyl (C=O) groups is 2. The fraction of sp³-hybridized carbons (Fsp3) is 0.360. The van der Waals surface area contributed by atoms with E-state index in [0.29, 0.717) is 5.56 Å². The van der Waals surface area contributed by atoms with Crippen molar-refractivity contribution in [2.45, 2.75) is 45.1 Å². The Morgan fingerprint density at radius 3 is 2.21 bits per heavy atom. The smallest absolute Gasteiger partial charge is 0.407 e. The number of nitrogens with one attached hydrogen (secondary N) is 1. The second-order valence-corrected chi connectivity index (χ2v) is 10.4. The summed E-state index contributed by atoms with van der Waals surface area (Å²) in [5.41, 5.74) is 0.798. The zero-order chi connectivity index (χ0) is 25.4. The summed E-state index contributed by atoms with van der Waals surface area (Å²) >= 11 is 0. The molecule has 0 aliphatic heterocycles. The van der Waals surface area contributed by atoms with Gasteiger partial charge in [0.05, 0.1) is 23.6 Å². The maximum atomic E-state index is 13.5. The molecule has 9 heteroatoms. The average molecular weight is 489 g/mol. The minimum absolute atomic E-state index is 0.0403. The number of nitrogens with zero attached hydrogens (tertiary/aromatic N) is 1. The van der Waals surface area contributed by atoms with Gasteiger partial charge in [0.25, 0.3) is 10.0 Å². The summed E-state index contributed by atoms with van der Waals surface area (Å²) in [6.07, 6.45) is 0.581. The lowest BCUT2D eigenvalue weighted by Crippen LogP contribution is -2.38. The van der Waals surface area contributed by atoms with Crippen molar-refractivity contribution < 1.29 is 27.5 Å². The highest BCUT2D eigenvalue weighted by molar-refractivity contribution is 7.89. The molecule has 0 spiro atoms. The standard InChI is InChI=1S/C25H32N2O6S/c1-6-32-23(28)22(20-10-8-7-9-11-20)18-27(17-16-26-24(29)33-25(3,4)5)34(30,31)21-14-12-19(2)13-15-21/h7-15,18H,6,16-17H2,1-5H3,(H,26,29)/b22-18+. The number of hydrogen-bond acceptors (Lipinski definition) is 6. The largest absolute Gasteiger partial charge is 0.462 e. The van der Waals surface area contributed by atoms with Gasteiger partial charge in [-0.1, -0.05) is 48.0 Å². The molecule has 0 saturated heterocycles. The lowest BCUT2D eigenvalue weighted by molar-refractivity contribution is -0.136. The highest BCUT2D eigenvalue weighted by atomic mass is 32.2. The van der Waals surface area contributed by atoms with Crippen LogP contribution >= 0.6 is 0 Å². The number of esters is 1. The van der Waals surface area contributed by atoms with Gasteiger partial charge < -0.3 is 14.8 Å². The second kappa shape index (κ2) is 11.7. The van der Waals surface area contributed by atoms with E-state index in [0.717, 1.165) is 9.87 Å². The van der Waals surface area contributed by atoms with Crippen LogP contribution in [0.4, 0.5) is 4.79 Å². The number of carbonyl (C=O) groups excluding carboxylic acids is 2. The molecule has 0 fully saturated rings. The lowest BCUT2D eigenvalue weighted by Gasteiger charge is -2.23. The van der Waals surface area contributed by atoms with E-state index in [9.17, 15) is 18.0 Å². The van der Waals surface area contributed by atoms with E-state index in [4.69, 9.17) is 9.47 Å². The van der Waals surface area contributed by atoms with Crippen molar-refractivity contribution in [3.8, 4) is 0 Å². The first-order chi connectivity index (χ1) is 15.9. The maximum absolute atomic E-state index is 13.5. The Balaban J connectivity index is 2.44. The Kier molecular flexibility index (Phi) is 9.26. The predicted octanol–water partition coefficient (Wildman–Crippen LogP) is 4.11. The van der Waals surface area contributed by atoms with Crippen LogP contribution < -0.4 is 5.32 Å². The number of aryl methyl sites for hydroxylation is 1. The van der Waals surface area contributed by atoms with Crippen LogP contribution in [0.25, 0.3) is 5.57 Å². The van der Waals surface area contributed by atoms with E-state index < -0.39 is 27.7 Å². The summed E-state index contributed by atoms with van der Waals surface area (Å²) in [6, 6.07) is 15.0. The average Bonchev–Trinajstić information content (AvgIpc) is 2.75. The minimum atomic E-state index is -4.05. The van der Waals surface area contributed by atoms with Crippen molar-refractivity contribution in [3.63, 3.8) is 0 Å². The monoisotopic (exact) mass is 488 g/mol. The van der Waals surface area contributed by atoms with Crippen LogP contribution in [0, 0.1) is 6.92 Å². The van der Waals surface area contributed by atoms with Gasteiger partial charge in [0, 0.05) is 12.7 Å². The van der Waals surface area contributed by atoms with Crippen LogP contribution in [0.5, 0.6) is 0 Å². The number of hydrogen-bond donors (Lipinski definition) is 1. The molecule has 2 rings (SSSR count). The first-order valence-corrected chi connectivity index (χ1v) is 12.4. The maximum Gasteiger partial charge on any atom is 0.407 e. The summed E-state index contributed by atoms with van der Waals surface area (Å²) in [5.74, 6) is -0.655. The number of rotatable bonds is 9. The molecule has 0 saturated carbocycles. The molecule has 1 amide bonds.